The van der Waals surface area contributed by atoms with Crippen LogP contribution < -0.4 is 5.32 Å². The molecule has 0 saturated heterocycles. The molecule has 0 radical (unpaired) electrons. The lowest BCUT2D eigenvalue weighted by atomic mass is 9.96. The van der Waals surface area contributed by atoms with Crippen molar-refractivity contribution in [1.29, 1.82) is 0 Å². The van der Waals surface area contributed by atoms with Gasteiger partial charge in [-0.1, -0.05) is 25.1 Å². The van der Waals surface area contributed by atoms with Gasteiger partial charge in [-0.3, -0.25) is 4.79 Å². The van der Waals surface area contributed by atoms with E-state index < -0.39 is 0 Å². The van der Waals surface area contributed by atoms with Gasteiger partial charge in [0.1, 0.15) is 4.75 Å². The van der Waals surface area contributed by atoms with Gasteiger partial charge < -0.3 is 5.32 Å². The normalized spacial score (nSPS) is 44.2. The number of amidine groups is 1. The fourth-order valence-corrected chi connectivity index (χ4v) is 4.40. The van der Waals surface area contributed by atoms with Crippen molar-refractivity contribution in [2.45, 2.75) is 56.7 Å². The van der Waals surface area contributed by atoms with Crippen LogP contribution in [-0.2, 0) is 4.79 Å². The molecule has 2 aliphatic carbocycles. The fourth-order valence-electron chi connectivity index (χ4n) is 3.36. The van der Waals surface area contributed by atoms with E-state index in [4.69, 9.17) is 0 Å². The predicted molar refractivity (Wildman–Crippen MR) is 71.1 cm³/mol. The molecule has 1 N–H and O–H groups in total. The largest absolute Gasteiger partial charge is 0.361 e. The number of carbonyl (C=O) groups is 1. The molecule has 0 aromatic carbocycles. The molecule has 4 atom stereocenters. The van der Waals surface area contributed by atoms with Crippen molar-refractivity contribution in [2.75, 3.05) is 0 Å². The number of hydrogen-bond acceptors (Lipinski definition) is 3. The first-order valence-electron chi connectivity index (χ1n) is 6.69. The van der Waals surface area contributed by atoms with Gasteiger partial charge in [0.05, 0.1) is 0 Å². The Labute approximate surface area is 107 Å². The average Bonchev–Trinajstić information content (AvgIpc) is 2.95. The Balaban J connectivity index is 1.64. The molecule has 0 aromatic heterocycles. The highest BCUT2D eigenvalue weighted by molar-refractivity contribution is 8.16. The monoisotopic (exact) mass is 252 g/mol. The van der Waals surface area contributed by atoms with Gasteiger partial charge >= 0.3 is 0 Å². The number of hydrogen-bond donors (Lipinski definition) is 1. The minimum absolute atomic E-state index is 0.0376. The fraction of sp³-hybridized carbons (Fsp3) is 0.846. The number of fused-ring (bicyclic) bond motifs is 2. The predicted octanol–water partition coefficient (Wildman–Crippen LogP) is 2.56. The van der Waals surface area contributed by atoms with Crippen molar-refractivity contribution in [2.24, 2.45) is 16.8 Å². The number of aliphatic imine (C=N–C) groups is 1. The number of carbonyl (C=O) groups excluding carboxylic acids is 1. The quantitative estimate of drug-likeness (QED) is 0.821. The molecule has 3 aliphatic rings. The van der Waals surface area contributed by atoms with Crippen molar-refractivity contribution in [3.05, 3.63) is 0 Å². The van der Waals surface area contributed by atoms with E-state index in [-0.39, 0.29) is 10.7 Å². The van der Waals surface area contributed by atoms with Gasteiger partial charge in [-0.2, -0.15) is 4.99 Å². The third-order valence-corrected chi connectivity index (χ3v) is 6.02. The van der Waals surface area contributed by atoms with E-state index in [1.54, 1.807) is 11.8 Å². The molecular weight excluding hydrogens is 232 g/mol. The second kappa shape index (κ2) is 4.01. The van der Waals surface area contributed by atoms with Gasteiger partial charge in [-0.25, -0.2) is 0 Å². The Morgan fingerprint density at radius 3 is 2.82 bits per heavy atom. The van der Waals surface area contributed by atoms with Gasteiger partial charge in [-0.05, 0) is 44.4 Å². The summed E-state index contributed by atoms with van der Waals surface area (Å²) in [5.74, 6) is 1.79. The standard InChI is InChI=1S/C13H20N2OS/c1-3-13(2)11(16)15-12(17-13)14-10-7-8-4-5-9(10)6-8/h8-10H,3-7H2,1-2H3,(H,14,15,16). The highest BCUT2D eigenvalue weighted by Crippen LogP contribution is 2.45. The first kappa shape index (κ1) is 11.6. The molecule has 17 heavy (non-hydrogen) atoms. The minimum atomic E-state index is -0.319. The summed E-state index contributed by atoms with van der Waals surface area (Å²) in [6.45, 7) is 4.06. The molecule has 94 valence electrons. The highest BCUT2D eigenvalue weighted by atomic mass is 32.2. The zero-order valence-corrected chi connectivity index (χ0v) is 11.3. The van der Waals surface area contributed by atoms with Crippen molar-refractivity contribution in [3.8, 4) is 0 Å². The number of nitrogens with zero attached hydrogens (tertiary/aromatic N) is 1. The lowest BCUT2D eigenvalue weighted by Crippen LogP contribution is -2.37. The summed E-state index contributed by atoms with van der Waals surface area (Å²) in [5.41, 5.74) is 0. The molecule has 4 unspecified atom stereocenters. The molecule has 1 amide bonds. The number of amides is 1. The van der Waals surface area contributed by atoms with Crippen LogP contribution >= 0.6 is 11.8 Å². The van der Waals surface area contributed by atoms with Crippen LogP contribution in [0.5, 0.6) is 0 Å². The second-order valence-corrected chi connectivity index (χ2v) is 7.33. The topological polar surface area (TPSA) is 41.5 Å². The van der Waals surface area contributed by atoms with Crippen LogP contribution in [0.2, 0.25) is 0 Å². The Kier molecular flexibility index (Phi) is 2.73. The van der Waals surface area contributed by atoms with Gasteiger partial charge in [0.2, 0.25) is 0 Å². The van der Waals surface area contributed by atoms with E-state index in [1.165, 1.54) is 25.7 Å². The van der Waals surface area contributed by atoms with E-state index in [2.05, 4.69) is 17.2 Å². The summed E-state index contributed by atoms with van der Waals surface area (Å²) in [6, 6.07) is 0.576. The van der Waals surface area contributed by atoms with E-state index >= 15 is 0 Å². The first-order chi connectivity index (χ1) is 8.10. The van der Waals surface area contributed by atoms with Gasteiger partial charge in [0.15, 0.2) is 5.17 Å². The molecular formula is C13H20N2OS. The van der Waals surface area contributed by atoms with Crippen molar-refractivity contribution in [1.82, 2.24) is 5.32 Å². The first-order valence-corrected chi connectivity index (χ1v) is 7.51. The third-order valence-electron chi connectivity index (χ3n) is 4.70. The van der Waals surface area contributed by atoms with Crippen molar-refractivity contribution >= 4 is 22.8 Å². The summed E-state index contributed by atoms with van der Waals surface area (Å²) in [7, 11) is 0. The minimum Gasteiger partial charge on any atom is -0.361 e. The molecule has 0 spiro atoms. The maximum Gasteiger partial charge on any atom is 0.264 e. The van der Waals surface area contributed by atoms with E-state index in [9.17, 15) is 4.79 Å². The Bertz CT molecular complexity index is 382. The van der Waals surface area contributed by atoms with Crippen LogP contribution in [0.3, 0.4) is 0 Å². The lowest BCUT2D eigenvalue weighted by Gasteiger charge is -2.24. The molecule has 1 heterocycles. The van der Waals surface area contributed by atoms with Crippen LogP contribution in [0.25, 0.3) is 0 Å². The Morgan fingerprint density at radius 2 is 2.29 bits per heavy atom. The van der Waals surface area contributed by atoms with E-state index in [0.717, 1.165) is 23.4 Å². The summed E-state index contributed by atoms with van der Waals surface area (Å²) in [5, 5.41) is 4.39. The highest BCUT2D eigenvalue weighted by Gasteiger charge is 2.43. The van der Waals surface area contributed by atoms with Crippen LogP contribution in [0.1, 0.15) is 46.0 Å². The Hall–Kier alpha value is -0.510. The maximum absolute atomic E-state index is 11.8. The average molecular weight is 252 g/mol. The lowest BCUT2D eigenvalue weighted by molar-refractivity contribution is -0.119. The molecule has 2 fully saturated rings. The summed E-state index contributed by atoms with van der Waals surface area (Å²) in [4.78, 5) is 16.0. The van der Waals surface area contributed by atoms with Crippen LogP contribution in [0.4, 0.5) is 0 Å². The summed E-state index contributed by atoms with van der Waals surface area (Å²) >= 11 is 1.62. The molecule has 0 aromatic rings. The van der Waals surface area contributed by atoms with Crippen LogP contribution in [0, 0.1) is 11.8 Å². The third kappa shape index (κ3) is 1.90. The second-order valence-electron chi connectivity index (χ2n) is 5.83. The van der Waals surface area contributed by atoms with Gasteiger partial charge in [-0.15, -0.1) is 0 Å². The van der Waals surface area contributed by atoms with Gasteiger partial charge in [0, 0.05) is 6.04 Å². The van der Waals surface area contributed by atoms with Crippen molar-refractivity contribution in [3.63, 3.8) is 0 Å². The van der Waals surface area contributed by atoms with Crippen LogP contribution in [-0.4, -0.2) is 21.9 Å². The maximum atomic E-state index is 11.8. The molecule has 4 heteroatoms. The zero-order chi connectivity index (χ0) is 12.0. The number of rotatable bonds is 2. The molecule has 1 aliphatic heterocycles. The molecule has 3 nitrogen and oxygen atoms in total. The molecule has 3 rings (SSSR count). The number of thioether (sulfide) groups is 1. The number of nitrogens with one attached hydrogen (secondary N) is 1. The summed E-state index contributed by atoms with van der Waals surface area (Å²) < 4.78 is -0.319. The Morgan fingerprint density at radius 1 is 1.47 bits per heavy atom. The summed E-state index contributed by atoms with van der Waals surface area (Å²) in [6.07, 6.45) is 6.28. The van der Waals surface area contributed by atoms with Crippen LogP contribution in [0.15, 0.2) is 4.99 Å². The molecule has 2 bridgehead atoms. The van der Waals surface area contributed by atoms with Gasteiger partial charge in [0.25, 0.3) is 5.91 Å². The SMILES string of the molecule is CCC1(C)SC(NC2CC3CCC2C3)=NC1=O. The van der Waals surface area contributed by atoms with E-state index in [1.807, 2.05) is 6.92 Å². The smallest absolute Gasteiger partial charge is 0.264 e. The van der Waals surface area contributed by atoms with Crippen molar-refractivity contribution < 1.29 is 4.79 Å². The van der Waals surface area contributed by atoms with E-state index in [0.29, 0.717) is 6.04 Å². The zero-order valence-electron chi connectivity index (χ0n) is 10.5. The molecule has 2 saturated carbocycles.